The lowest BCUT2D eigenvalue weighted by molar-refractivity contribution is 0.302. The maximum absolute atomic E-state index is 15.1. The zero-order chi connectivity index (χ0) is 25.4. The van der Waals surface area contributed by atoms with Crippen LogP contribution < -0.4 is 9.46 Å². The van der Waals surface area contributed by atoms with Gasteiger partial charge in [-0.3, -0.25) is 4.72 Å². The minimum atomic E-state index is -4.34. The first-order chi connectivity index (χ1) is 16.5. The van der Waals surface area contributed by atoms with Gasteiger partial charge in [0.25, 0.3) is 10.0 Å². The van der Waals surface area contributed by atoms with Gasteiger partial charge in [-0.05, 0) is 42.0 Å². The van der Waals surface area contributed by atoms with Crippen LogP contribution in [-0.4, -0.2) is 34.7 Å². The van der Waals surface area contributed by atoms with Gasteiger partial charge in [0.15, 0.2) is 21.4 Å². The molecule has 2 N–H and O–H groups in total. The van der Waals surface area contributed by atoms with Crippen LogP contribution in [0.25, 0.3) is 10.9 Å². The van der Waals surface area contributed by atoms with Crippen molar-refractivity contribution in [2.24, 2.45) is 0 Å². The van der Waals surface area contributed by atoms with Gasteiger partial charge in [0, 0.05) is 24.3 Å². The second-order valence-electron chi connectivity index (χ2n) is 7.67. The summed E-state index contributed by atoms with van der Waals surface area (Å²) in [5.74, 6) is -1.31. The van der Waals surface area contributed by atoms with Crippen molar-refractivity contribution < 1.29 is 26.0 Å². The minimum absolute atomic E-state index is 0.000153. The van der Waals surface area contributed by atoms with Gasteiger partial charge in [-0.25, -0.2) is 21.2 Å². The van der Waals surface area contributed by atoms with E-state index in [2.05, 4.69) is 9.71 Å². The number of benzene rings is 3. The Hall–Kier alpha value is -2.79. The van der Waals surface area contributed by atoms with Crippen molar-refractivity contribution in [3.63, 3.8) is 0 Å². The first-order valence-electron chi connectivity index (χ1n) is 10.2. The largest absolute Gasteiger partial charge is 0.490 e. The van der Waals surface area contributed by atoms with E-state index in [1.165, 1.54) is 42.6 Å². The number of anilines is 1. The number of aromatic nitrogens is 1. The van der Waals surface area contributed by atoms with Crippen LogP contribution in [0.1, 0.15) is 5.56 Å². The molecule has 0 aliphatic heterocycles. The van der Waals surface area contributed by atoms with Gasteiger partial charge < -0.3 is 9.72 Å². The predicted octanol–water partition coefficient (Wildman–Crippen LogP) is 5.44. The molecule has 1 aromatic heterocycles. The molecule has 0 aliphatic rings. The highest BCUT2D eigenvalue weighted by Crippen LogP contribution is 2.36. The zero-order valence-corrected chi connectivity index (χ0v) is 21.3. The Morgan fingerprint density at radius 2 is 1.74 bits per heavy atom. The third-order valence-electron chi connectivity index (χ3n) is 5.17. The lowest BCUT2D eigenvalue weighted by Crippen LogP contribution is -2.15. The molecule has 3 aromatic carbocycles. The quantitative estimate of drug-likeness (QED) is 0.300. The molecular weight excluding hydrogens is 538 g/mol. The Bertz CT molecular complexity index is 1640. The van der Waals surface area contributed by atoms with E-state index in [0.29, 0.717) is 26.5 Å². The maximum Gasteiger partial charge on any atom is 0.265 e. The Morgan fingerprint density at radius 1 is 1.00 bits per heavy atom. The monoisotopic (exact) mass is 556 g/mol. The molecule has 0 saturated heterocycles. The minimum Gasteiger partial charge on any atom is -0.490 e. The van der Waals surface area contributed by atoms with Crippen molar-refractivity contribution >= 4 is 59.7 Å². The Balaban J connectivity index is 1.54. The first kappa shape index (κ1) is 25.3. The maximum atomic E-state index is 15.1. The van der Waals surface area contributed by atoms with E-state index in [1.807, 2.05) is 0 Å². The highest BCUT2D eigenvalue weighted by Gasteiger charge is 2.24. The standard InChI is InChI=1S/C23H19Cl2FN2O5S2/c1-34(29,30)15-5-2-4-14(12-15)10-11-33-19-6-3-7-20(22(19)26)35(31,32)28-18-9-8-16(24)21-17(25)13-27-23(18)21/h2-9,12-13,27-28H,10-11H2,1H3. The molecule has 0 amide bonds. The zero-order valence-electron chi connectivity index (χ0n) is 18.2. The molecular formula is C23H19Cl2FN2O5S2. The summed E-state index contributed by atoms with van der Waals surface area (Å²) < 4.78 is 72.4. The highest BCUT2D eigenvalue weighted by molar-refractivity contribution is 7.92. The van der Waals surface area contributed by atoms with Crippen molar-refractivity contribution in [2.45, 2.75) is 16.2 Å². The van der Waals surface area contributed by atoms with Crippen LogP contribution in [0.5, 0.6) is 5.75 Å². The number of hydrogen-bond acceptors (Lipinski definition) is 5. The molecule has 4 rings (SSSR count). The average Bonchev–Trinajstić information content (AvgIpc) is 3.19. The van der Waals surface area contributed by atoms with Crippen LogP contribution in [0.4, 0.5) is 10.1 Å². The topological polar surface area (TPSA) is 105 Å². The highest BCUT2D eigenvalue weighted by atomic mass is 35.5. The van der Waals surface area contributed by atoms with Crippen molar-refractivity contribution in [1.82, 2.24) is 4.98 Å². The molecule has 0 spiro atoms. The Kier molecular flexibility index (Phi) is 7.01. The van der Waals surface area contributed by atoms with E-state index in [1.54, 1.807) is 12.1 Å². The number of H-pyrrole nitrogens is 1. The van der Waals surface area contributed by atoms with Gasteiger partial charge in [-0.15, -0.1) is 0 Å². The van der Waals surface area contributed by atoms with Crippen molar-refractivity contribution in [3.05, 3.63) is 82.2 Å². The SMILES string of the molecule is CS(=O)(=O)c1cccc(CCOc2cccc(S(=O)(=O)Nc3ccc(Cl)c4c(Cl)c[nH]c34)c2F)c1. The van der Waals surface area contributed by atoms with E-state index in [9.17, 15) is 16.8 Å². The summed E-state index contributed by atoms with van der Waals surface area (Å²) in [5.41, 5.74) is 1.18. The smallest absolute Gasteiger partial charge is 0.265 e. The van der Waals surface area contributed by atoms with Crippen molar-refractivity contribution in [1.29, 1.82) is 0 Å². The number of fused-ring (bicyclic) bond motifs is 1. The number of hydrogen-bond donors (Lipinski definition) is 2. The molecule has 0 fully saturated rings. The summed E-state index contributed by atoms with van der Waals surface area (Å²) in [6.07, 6.45) is 2.86. The number of rotatable bonds is 8. The molecule has 0 unspecified atom stereocenters. The van der Waals surface area contributed by atoms with E-state index >= 15 is 4.39 Å². The molecule has 0 saturated carbocycles. The van der Waals surface area contributed by atoms with Gasteiger partial charge in [-0.2, -0.15) is 0 Å². The van der Waals surface area contributed by atoms with Crippen LogP contribution in [-0.2, 0) is 26.3 Å². The van der Waals surface area contributed by atoms with E-state index in [-0.39, 0.29) is 29.4 Å². The summed E-state index contributed by atoms with van der Waals surface area (Å²) in [6.45, 7) is -0.000153. The fraction of sp³-hybridized carbons (Fsp3) is 0.130. The van der Waals surface area contributed by atoms with E-state index in [0.717, 1.165) is 12.3 Å². The normalized spacial score (nSPS) is 12.1. The molecule has 35 heavy (non-hydrogen) atoms. The van der Waals surface area contributed by atoms with Crippen LogP contribution in [0, 0.1) is 5.82 Å². The second-order valence-corrected chi connectivity index (χ2v) is 12.2. The third kappa shape index (κ3) is 5.40. The summed E-state index contributed by atoms with van der Waals surface area (Å²) in [7, 11) is -7.70. The number of ether oxygens (including phenoxy) is 1. The molecule has 0 radical (unpaired) electrons. The fourth-order valence-corrected chi connectivity index (χ4v) is 5.89. The van der Waals surface area contributed by atoms with Crippen LogP contribution in [0.3, 0.4) is 0 Å². The lowest BCUT2D eigenvalue weighted by atomic mass is 10.2. The predicted molar refractivity (Wildman–Crippen MR) is 134 cm³/mol. The lowest BCUT2D eigenvalue weighted by Gasteiger charge is -2.13. The molecule has 0 atom stereocenters. The number of aromatic amines is 1. The van der Waals surface area contributed by atoms with Gasteiger partial charge in [0.05, 0.1) is 32.8 Å². The van der Waals surface area contributed by atoms with Crippen LogP contribution in [0.15, 0.2) is 70.6 Å². The number of sulfonamides is 1. The molecule has 7 nitrogen and oxygen atoms in total. The van der Waals surface area contributed by atoms with E-state index in [4.69, 9.17) is 27.9 Å². The summed E-state index contributed by atoms with van der Waals surface area (Å²) >= 11 is 12.3. The average molecular weight is 557 g/mol. The number of sulfone groups is 1. The van der Waals surface area contributed by atoms with E-state index < -0.39 is 30.6 Å². The molecule has 184 valence electrons. The summed E-state index contributed by atoms with van der Waals surface area (Å²) in [5, 5.41) is 1.08. The molecule has 0 aliphatic carbocycles. The van der Waals surface area contributed by atoms with Crippen molar-refractivity contribution in [2.75, 3.05) is 17.6 Å². The molecule has 0 bridgehead atoms. The third-order valence-corrected chi connectivity index (χ3v) is 8.28. The van der Waals surface area contributed by atoms with Gasteiger partial charge in [0.2, 0.25) is 0 Å². The van der Waals surface area contributed by atoms with Gasteiger partial charge in [-0.1, -0.05) is 41.4 Å². The number of halogens is 3. The fourth-order valence-electron chi connectivity index (χ4n) is 3.47. The summed E-state index contributed by atoms with van der Waals surface area (Å²) in [4.78, 5) is 2.42. The van der Waals surface area contributed by atoms with Crippen LogP contribution >= 0.6 is 23.2 Å². The molecule has 12 heteroatoms. The summed E-state index contributed by atoms with van der Waals surface area (Å²) in [6, 6.07) is 13.0. The van der Waals surface area contributed by atoms with Crippen molar-refractivity contribution in [3.8, 4) is 5.75 Å². The van der Waals surface area contributed by atoms with Gasteiger partial charge in [0.1, 0.15) is 4.90 Å². The van der Waals surface area contributed by atoms with Gasteiger partial charge >= 0.3 is 0 Å². The Morgan fingerprint density at radius 3 is 2.49 bits per heavy atom. The Labute approximate surface area is 211 Å². The molecule has 1 heterocycles. The van der Waals surface area contributed by atoms with Crippen LogP contribution in [0.2, 0.25) is 10.0 Å². The number of nitrogens with one attached hydrogen (secondary N) is 2. The second kappa shape index (κ2) is 9.69. The first-order valence-corrected chi connectivity index (χ1v) is 14.3. The molecule has 4 aromatic rings.